The molecule has 2 rings (SSSR count). The van der Waals surface area contributed by atoms with Crippen molar-refractivity contribution < 1.29 is 19.1 Å². The molecule has 0 fully saturated rings. The molecule has 0 bridgehead atoms. The average molecular weight is 301 g/mol. The van der Waals surface area contributed by atoms with Crippen LogP contribution < -0.4 is 5.32 Å². The lowest BCUT2D eigenvalue weighted by molar-refractivity contribution is -0.141. The Kier molecular flexibility index (Phi) is 4.99. The fourth-order valence-electron chi connectivity index (χ4n) is 2.18. The largest absolute Gasteiger partial charge is 0.481 e. The van der Waals surface area contributed by atoms with Gasteiger partial charge in [-0.25, -0.2) is 0 Å². The summed E-state index contributed by atoms with van der Waals surface area (Å²) in [6, 6.07) is 8.84. The number of hydrogen-bond donors (Lipinski definition) is 2. The molecule has 0 aliphatic rings. The van der Waals surface area contributed by atoms with Gasteiger partial charge in [0.25, 0.3) is 5.91 Å². The second-order valence-electron chi connectivity index (χ2n) is 5.21. The van der Waals surface area contributed by atoms with Gasteiger partial charge in [-0.2, -0.15) is 0 Å². The van der Waals surface area contributed by atoms with E-state index in [-0.39, 0.29) is 5.91 Å². The molecule has 116 valence electrons. The number of carbonyl (C=O) groups excluding carboxylic acids is 1. The molecule has 1 amide bonds. The third-order valence-corrected chi connectivity index (χ3v) is 3.49. The Hall–Kier alpha value is -2.56. The molecule has 0 aliphatic carbocycles. The molecule has 5 nitrogen and oxygen atoms in total. The highest BCUT2D eigenvalue weighted by atomic mass is 16.4. The molecule has 1 unspecified atom stereocenters. The summed E-state index contributed by atoms with van der Waals surface area (Å²) >= 11 is 0. The summed E-state index contributed by atoms with van der Waals surface area (Å²) in [7, 11) is 0. The summed E-state index contributed by atoms with van der Waals surface area (Å²) < 4.78 is 5.24. The number of hydrogen-bond acceptors (Lipinski definition) is 3. The minimum absolute atomic E-state index is 0.211. The predicted molar refractivity (Wildman–Crippen MR) is 83.0 cm³/mol. The van der Waals surface area contributed by atoms with Gasteiger partial charge in [-0.1, -0.05) is 26.0 Å². The molecule has 0 saturated heterocycles. The Balaban J connectivity index is 2.02. The first kappa shape index (κ1) is 15.8. The highest BCUT2D eigenvalue weighted by molar-refractivity contribution is 6.04. The maximum Gasteiger partial charge on any atom is 0.306 e. The molecule has 2 aromatic rings. The van der Waals surface area contributed by atoms with Crippen LogP contribution in [0.4, 0.5) is 5.69 Å². The number of rotatable bonds is 6. The monoisotopic (exact) mass is 301 g/mol. The van der Waals surface area contributed by atoms with Crippen LogP contribution in [-0.2, 0) is 17.6 Å². The first-order valence-corrected chi connectivity index (χ1v) is 7.20. The number of carboxylic acids is 1. The van der Waals surface area contributed by atoms with Gasteiger partial charge in [0.05, 0.1) is 17.7 Å². The summed E-state index contributed by atoms with van der Waals surface area (Å²) in [6.07, 6.45) is 2.62. The van der Waals surface area contributed by atoms with Crippen molar-refractivity contribution in [1.29, 1.82) is 0 Å². The fraction of sp³-hybridized carbons (Fsp3) is 0.294. The van der Waals surface area contributed by atoms with E-state index < -0.39 is 11.9 Å². The topological polar surface area (TPSA) is 79.5 Å². The number of nitrogens with one attached hydrogen (secondary N) is 1. The first-order valence-electron chi connectivity index (χ1n) is 7.20. The van der Waals surface area contributed by atoms with Crippen LogP contribution in [0.5, 0.6) is 0 Å². The van der Waals surface area contributed by atoms with Gasteiger partial charge in [0, 0.05) is 12.1 Å². The predicted octanol–water partition coefficient (Wildman–Crippen LogP) is 3.36. The molecule has 1 aromatic carbocycles. The van der Waals surface area contributed by atoms with E-state index in [1.807, 2.05) is 19.1 Å². The number of carboxylic acid groups (broad SMARTS) is 1. The van der Waals surface area contributed by atoms with Gasteiger partial charge in [-0.3, -0.25) is 9.59 Å². The van der Waals surface area contributed by atoms with E-state index in [4.69, 9.17) is 9.52 Å². The van der Waals surface area contributed by atoms with Crippen molar-refractivity contribution in [3.8, 4) is 0 Å². The van der Waals surface area contributed by atoms with Crippen LogP contribution in [-0.4, -0.2) is 17.0 Å². The number of carbonyl (C=O) groups is 2. The first-order chi connectivity index (χ1) is 10.5. The second-order valence-corrected chi connectivity index (χ2v) is 5.21. The number of aryl methyl sites for hydroxylation is 1. The minimum Gasteiger partial charge on any atom is -0.481 e. The van der Waals surface area contributed by atoms with Crippen LogP contribution in [0, 0.1) is 5.92 Å². The van der Waals surface area contributed by atoms with Crippen molar-refractivity contribution in [1.82, 2.24) is 0 Å². The van der Waals surface area contributed by atoms with Crippen molar-refractivity contribution in [3.05, 3.63) is 53.5 Å². The standard InChI is InChI=1S/C17H19NO4/c1-3-15-14(8-9-22-15)16(19)18-13-6-4-12(5-7-13)10-11(2)17(20)21/h4-9,11H,3,10H2,1-2H3,(H,18,19)(H,20,21). The highest BCUT2D eigenvalue weighted by Crippen LogP contribution is 2.17. The van der Waals surface area contributed by atoms with Crippen LogP contribution >= 0.6 is 0 Å². The fourth-order valence-corrected chi connectivity index (χ4v) is 2.18. The van der Waals surface area contributed by atoms with Crippen molar-refractivity contribution in [3.63, 3.8) is 0 Å². The molecule has 1 atom stereocenters. The molecule has 5 heteroatoms. The number of amides is 1. The van der Waals surface area contributed by atoms with Crippen LogP contribution in [0.2, 0.25) is 0 Å². The summed E-state index contributed by atoms with van der Waals surface area (Å²) in [5.41, 5.74) is 2.12. The third kappa shape index (κ3) is 3.75. The molecule has 0 aliphatic heterocycles. The van der Waals surface area contributed by atoms with Gasteiger partial charge in [-0.15, -0.1) is 0 Å². The van der Waals surface area contributed by atoms with Gasteiger partial charge in [0.2, 0.25) is 0 Å². The summed E-state index contributed by atoms with van der Waals surface area (Å²) in [5, 5.41) is 11.7. The Labute approximate surface area is 129 Å². The number of aliphatic carboxylic acids is 1. The Morgan fingerprint density at radius 2 is 1.91 bits per heavy atom. The molecule has 0 radical (unpaired) electrons. The summed E-state index contributed by atoms with van der Waals surface area (Å²) in [5.74, 6) is -0.801. The van der Waals surface area contributed by atoms with E-state index in [1.54, 1.807) is 25.1 Å². The van der Waals surface area contributed by atoms with Gasteiger partial charge in [-0.05, 0) is 30.2 Å². The van der Waals surface area contributed by atoms with Gasteiger partial charge < -0.3 is 14.8 Å². The maximum atomic E-state index is 12.2. The van der Waals surface area contributed by atoms with E-state index in [0.29, 0.717) is 29.9 Å². The van der Waals surface area contributed by atoms with Crippen LogP contribution in [0.1, 0.15) is 35.5 Å². The lowest BCUT2D eigenvalue weighted by Crippen LogP contribution is -2.13. The van der Waals surface area contributed by atoms with Crippen molar-refractivity contribution in [2.75, 3.05) is 5.32 Å². The van der Waals surface area contributed by atoms with Crippen LogP contribution in [0.3, 0.4) is 0 Å². The molecule has 0 spiro atoms. The quantitative estimate of drug-likeness (QED) is 0.857. The van der Waals surface area contributed by atoms with E-state index in [2.05, 4.69) is 5.32 Å². The summed E-state index contributed by atoms with van der Waals surface area (Å²) in [6.45, 7) is 3.59. The van der Waals surface area contributed by atoms with E-state index >= 15 is 0 Å². The maximum absolute atomic E-state index is 12.2. The van der Waals surface area contributed by atoms with E-state index in [1.165, 1.54) is 6.26 Å². The molecular formula is C17H19NO4. The van der Waals surface area contributed by atoms with Gasteiger partial charge >= 0.3 is 5.97 Å². The van der Waals surface area contributed by atoms with Gasteiger partial charge in [0.15, 0.2) is 0 Å². The number of anilines is 1. The highest BCUT2D eigenvalue weighted by Gasteiger charge is 2.14. The smallest absolute Gasteiger partial charge is 0.306 e. The Morgan fingerprint density at radius 3 is 2.50 bits per heavy atom. The molecule has 1 aromatic heterocycles. The Morgan fingerprint density at radius 1 is 1.23 bits per heavy atom. The van der Waals surface area contributed by atoms with Crippen LogP contribution in [0.15, 0.2) is 41.0 Å². The molecule has 22 heavy (non-hydrogen) atoms. The van der Waals surface area contributed by atoms with Crippen molar-refractivity contribution >= 4 is 17.6 Å². The van der Waals surface area contributed by atoms with Crippen LogP contribution in [0.25, 0.3) is 0 Å². The molecular weight excluding hydrogens is 282 g/mol. The lowest BCUT2D eigenvalue weighted by Gasteiger charge is -2.08. The van der Waals surface area contributed by atoms with Crippen molar-refractivity contribution in [2.45, 2.75) is 26.7 Å². The Bertz CT molecular complexity index is 658. The zero-order valence-corrected chi connectivity index (χ0v) is 12.6. The zero-order valence-electron chi connectivity index (χ0n) is 12.6. The number of furan rings is 1. The average Bonchev–Trinajstić information content (AvgIpc) is 2.97. The number of benzene rings is 1. The zero-order chi connectivity index (χ0) is 16.1. The van der Waals surface area contributed by atoms with Crippen molar-refractivity contribution in [2.24, 2.45) is 5.92 Å². The molecule has 0 saturated carbocycles. The molecule has 2 N–H and O–H groups in total. The molecule has 1 heterocycles. The normalized spacial score (nSPS) is 11.9. The minimum atomic E-state index is -0.815. The lowest BCUT2D eigenvalue weighted by atomic mass is 10.0. The van der Waals surface area contributed by atoms with Gasteiger partial charge in [0.1, 0.15) is 5.76 Å². The SMILES string of the molecule is CCc1occc1C(=O)Nc1ccc(CC(C)C(=O)O)cc1. The third-order valence-electron chi connectivity index (χ3n) is 3.49. The van der Waals surface area contributed by atoms with E-state index in [9.17, 15) is 9.59 Å². The van der Waals surface area contributed by atoms with E-state index in [0.717, 1.165) is 5.56 Å². The summed E-state index contributed by atoms with van der Waals surface area (Å²) in [4.78, 5) is 23.0. The second kappa shape index (κ2) is 6.93.